The molecule has 16 heavy (non-hydrogen) atoms. The van der Waals surface area contributed by atoms with Gasteiger partial charge in [0, 0.05) is 23.8 Å². The lowest BCUT2D eigenvalue weighted by molar-refractivity contribution is 0.173. The number of alkyl halides is 2. The molecule has 1 aliphatic heterocycles. The Morgan fingerprint density at radius 1 is 1.12 bits per heavy atom. The van der Waals surface area contributed by atoms with E-state index in [0.29, 0.717) is 11.8 Å². The third kappa shape index (κ3) is 2.37. The van der Waals surface area contributed by atoms with Gasteiger partial charge in [0.2, 0.25) is 0 Å². The molecule has 1 aromatic carbocycles. The van der Waals surface area contributed by atoms with Gasteiger partial charge in [-0.25, -0.2) is 0 Å². The van der Waals surface area contributed by atoms with Crippen molar-refractivity contribution in [3.8, 4) is 0 Å². The minimum Gasteiger partial charge on any atom is -0.291 e. The van der Waals surface area contributed by atoms with E-state index in [1.165, 1.54) is 12.0 Å². The van der Waals surface area contributed by atoms with Crippen LogP contribution in [0.4, 0.5) is 0 Å². The molecule has 1 aromatic rings. The number of hydrogen-bond acceptors (Lipinski definition) is 1. The quantitative estimate of drug-likeness (QED) is 0.747. The Balaban J connectivity index is 2.09. The van der Waals surface area contributed by atoms with Gasteiger partial charge in [0.1, 0.15) is 0 Å². The van der Waals surface area contributed by atoms with Crippen LogP contribution < -0.4 is 0 Å². The van der Waals surface area contributed by atoms with Crippen molar-refractivity contribution >= 4 is 23.2 Å². The van der Waals surface area contributed by atoms with Crippen LogP contribution >= 0.6 is 23.2 Å². The second kappa shape index (κ2) is 5.39. The Morgan fingerprint density at radius 3 is 2.44 bits per heavy atom. The zero-order valence-corrected chi connectivity index (χ0v) is 10.8. The Bertz CT molecular complexity index is 322. The summed E-state index contributed by atoms with van der Waals surface area (Å²) < 4.78 is 0. The van der Waals surface area contributed by atoms with E-state index in [0.717, 1.165) is 19.5 Å². The normalized spacial score (nSPS) is 20.1. The van der Waals surface area contributed by atoms with E-state index in [4.69, 9.17) is 23.2 Å². The Morgan fingerprint density at radius 2 is 1.81 bits per heavy atom. The van der Waals surface area contributed by atoms with E-state index in [2.05, 4.69) is 29.2 Å². The van der Waals surface area contributed by atoms with Crippen LogP contribution in [0, 0.1) is 0 Å². The van der Waals surface area contributed by atoms with Gasteiger partial charge in [-0.1, -0.05) is 30.3 Å². The molecular weight excluding hydrogens is 241 g/mol. The smallest absolute Gasteiger partial charge is 0.0483 e. The maximum Gasteiger partial charge on any atom is 0.0483 e. The van der Waals surface area contributed by atoms with Gasteiger partial charge < -0.3 is 0 Å². The van der Waals surface area contributed by atoms with Crippen LogP contribution in [0.5, 0.6) is 0 Å². The van der Waals surface area contributed by atoms with E-state index < -0.39 is 0 Å². The third-order valence-corrected chi connectivity index (χ3v) is 4.45. The number of benzene rings is 1. The van der Waals surface area contributed by atoms with Gasteiger partial charge in [0.05, 0.1) is 0 Å². The standard InChI is InChI=1S/C13H17Cl2N/c14-10-13(11-15)7-4-8-16(13)9-12-5-2-1-3-6-12/h1-3,5-6H,4,7-11H2. The first kappa shape index (κ1) is 12.2. The van der Waals surface area contributed by atoms with E-state index in [1.54, 1.807) is 0 Å². The van der Waals surface area contributed by atoms with E-state index in [1.807, 2.05) is 6.07 Å². The first-order chi connectivity index (χ1) is 7.80. The summed E-state index contributed by atoms with van der Waals surface area (Å²) >= 11 is 12.2. The van der Waals surface area contributed by atoms with E-state index >= 15 is 0 Å². The maximum absolute atomic E-state index is 6.10. The zero-order valence-electron chi connectivity index (χ0n) is 9.33. The summed E-state index contributed by atoms with van der Waals surface area (Å²) in [5.41, 5.74) is 1.35. The Labute approximate surface area is 107 Å². The summed E-state index contributed by atoms with van der Waals surface area (Å²) in [6, 6.07) is 10.5. The molecule has 0 aromatic heterocycles. The average Bonchev–Trinajstić information content (AvgIpc) is 2.74. The first-order valence-electron chi connectivity index (χ1n) is 5.72. The van der Waals surface area contributed by atoms with Crippen molar-refractivity contribution in [2.75, 3.05) is 18.3 Å². The molecule has 0 radical (unpaired) electrons. The van der Waals surface area contributed by atoms with Gasteiger partial charge in [-0.15, -0.1) is 23.2 Å². The molecule has 0 unspecified atom stereocenters. The molecule has 1 fully saturated rings. The fraction of sp³-hybridized carbons (Fsp3) is 0.538. The molecule has 3 heteroatoms. The van der Waals surface area contributed by atoms with Crippen molar-refractivity contribution in [2.45, 2.75) is 24.9 Å². The van der Waals surface area contributed by atoms with Gasteiger partial charge in [0.15, 0.2) is 0 Å². The third-order valence-electron chi connectivity index (χ3n) is 3.45. The van der Waals surface area contributed by atoms with Crippen LogP contribution in [0.3, 0.4) is 0 Å². The van der Waals surface area contributed by atoms with Gasteiger partial charge >= 0.3 is 0 Å². The van der Waals surface area contributed by atoms with Crippen LogP contribution in [-0.2, 0) is 6.54 Å². The summed E-state index contributed by atoms with van der Waals surface area (Å²) in [5, 5.41) is 0. The Kier molecular flexibility index (Phi) is 4.12. The van der Waals surface area contributed by atoms with E-state index in [-0.39, 0.29) is 5.54 Å². The molecule has 1 heterocycles. The van der Waals surface area contributed by atoms with Crippen molar-refractivity contribution in [2.24, 2.45) is 0 Å². The molecule has 1 aliphatic rings. The lowest BCUT2D eigenvalue weighted by atomic mass is 10.0. The van der Waals surface area contributed by atoms with Crippen LogP contribution in [0.2, 0.25) is 0 Å². The molecule has 0 atom stereocenters. The van der Waals surface area contributed by atoms with Gasteiger partial charge in [0.25, 0.3) is 0 Å². The highest BCUT2D eigenvalue weighted by molar-refractivity contribution is 6.22. The molecule has 88 valence electrons. The lowest BCUT2D eigenvalue weighted by Gasteiger charge is -2.35. The molecule has 0 spiro atoms. The van der Waals surface area contributed by atoms with Crippen LogP contribution in [-0.4, -0.2) is 28.7 Å². The molecule has 1 nitrogen and oxygen atoms in total. The van der Waals surface area contributed by atoms with Crippen molar-refractivity contribution in [1.29, 1.82) is 0 Å². The Hall–Kier alpha value is -0.240. The molecule has 2 rings (SSSR count). The molecule has 0 aliphatic carbocycles. The van der Waals surface area contributed by atoms with Crippen molar-refractivity contribution in [3.63, 3.8) is 0 Å². The molecule has 0 bridgehead atoms. The molecule has 0 saturated carbocycles. The number of nitrogens with zero attached hydrogens (tertiary/aromatic N) is 1. The number of hydrogen-bond donors (Lipinski definition) is 0. The second-order valence-electron chi connectivity index (χ2n) is 4.50. The van der Waals surface area contributed by atoms with Crippen LogP contribution in [0.15, 0.2) is 30.3 Å². The number of rotatable bonds is 4. The average molecular weight is 258 g/mol. The fourth-order valence-corrected chi connectivity index (χ4v) is 3.27. The number of likely N-dealkylation sites (tertiary alicyclic amines) is 1. The van der Waals surface area contributed by atoms with Crippen molar-refractivity contribution in [1.82, 2.24) is 4.90 Å². The lowest BCUT2D eigenvalue weighted by Crippen LogP contribution is -2.46. The summed E-state index contributed by atoms with van der Waals surface area (Å²) in [7, 11) is 0. The highest BCUT2D eigenvalue weighted by Gasteiger charge is 2.39. The van der Waals surface area contributed by atoms with Crippen LogP contribution in [0.1, 0.15) is 18.4 Å². The second-order valence-corrected chi connectivity index (χ2v) is 5.04. The predicted molar refractivity (Wildman–Crippen MR) is 70.3 cm³/mol. The van der Waals surface area contributed by atoms with Gasteiger partial charge in [-0.2, -0.15) is 0 Å². The molecular formula is C13H17Cl2N. The van der Waals surface area contributed by atoms with Gasteiger partial charge in [-0.05, 0) is 24.9 Å². The zero-order chi connectivity index (χ0) is 11.4. The highest BCUT2D eigenvalue weighted by atomic mass is 35.5. The summed E-state index contributed by atoms with van der Waals surface area (Å²) in [5.74, 6) is 1.26. The van der Waals surface area contributed by atoms with Crippen molar-refractivity contribution < 1.29 is 0 Å². The predicted octanol–water partition coefficient (Wildman–Crippen LogP) is 3.50. The summed E-state index contributed by atoms with van der Waals surface area (Å²) in [6.07, 6.45) is 2.32. The topological polar surface area (TPSA) is 3.24 Å². The molecule has 0 amide bonds. The number of halogens is 2. The van der Waals surface area contributed by atoms with Crippen LogP contribution in [0.25, 0.3) is 0 Å². The maximum atomic E-state index is 6.10. The molecule has 1 saturated heterocycles. The van der Waals surface area contributed by atoms with Crippen molar-refractivity contribution in [3.05, 3.63) is 35.9 Å². The first-order valence-corrected chi connectivity index (χ1v) is 6.78. The molecule has 0 N–H and O–H groups in total. The monoisotopic (exact) mass is 257 g/mol. The summed E-state index contributed by atoms with van der Waals surface area (Å²) in [6.45, 7) is 2.06. The fourth-order valence-electron chi connectivity index (χ4n) is 2.38. The largest absolute Gasteiger partial charge is 0.291 e. The SMILES string of the molecule is ClCC1(CCl)CCCN1Cc1ccccc1. The van der Waals surface area contributed by atoms with E-state index in [9.17, 15) is 0 Å². The highest BCUT2D eigenvalue weighted by Crippen LogP contribution is 2.33. The van der Waals surface area contributed by atoms with Gasteiger partial charge in [-0.3, -0.25) is 4.90 Å². The summed E-state index contributed by atoms with van der Waals surface area (Å²) in [4.78, 5) is 2.43. The minimum atomic E-state index is 0.0128. The minimum absolute atomic E-state index is 0.0128.